The van der Waals surface area contributed by atoms with Crippen LogP contribution in [0.3, 0.4) is 0 Å². The molecule has 4 atom stereocenters. The molecule has 2 fully saturated rings. The van der Waals surface area contributed by atoms with Crippen LogP contribution in [0.5, 0.6) is 0 Å². The predicted octanol–water partition coefficient (Wildman–Crippen LogP) is 4.73. The van der Waals surface area contributed by atoms with E-state index in [1.54, 1.807) is 23.5 Å². The molecule has 1 aromatic heterocycles. The van der Waals surface area contributed by atoms with Crippen molar-refractivity contribution in [3.63, 3.8) is 0 Å². The van der Waals surface area contributed by atoms with Crippen LogP contribution in [-0.4, -0.2) is 25.5 Å². The van der Waals surface area contributed by atoms with Crippen LogP contribution in [0.1, 0.15) is 30.7 Å². The van der Waals surface area contributed by atoms with Crippen molar-refractivity contribution in [3.05, 3.63) is 35.0 Å². The lowest BCUT2D eigenvalue weighted by atomic mass is 9.75. The SMILES string of the molecule is CN(C)C[C@H]1[C@H]2CC[C@H](C2)[C@H]1c1csc2cc(F)ccc12. The van der Waals surface area contributed by atoms with Crippen LogP contribution in [0.25, 0.3) is 10.1 Å². The van der Waals surface area contributed by atoms with Gasteiger partial charge in [0.1, 0.15) is 5.82 Å². The number of rotatable bonds is 3. The second kappa shape index (κ2) is 5.06. The molecule has 1 heterocycles. The summed E-state index contributed by atoms with van der Waals surface area (Å²) in [6.45, 7) is 1.18. The topological polar surface area (TPSA) is 3.24 Å². The van der Waals surface area contributed by atoms with Crippen molar-refractivity contribution >= 4 is 21.4 Å². The van der Waals surface area contributed by atoms with Crippen LogP contribution >= 0.6 is 11.3 Å². The molecule has 0 unspecified atom stereocenters. The molecule has 2 aromatic rings. The lowest BCUT2D eigenvalue weighted by molar-refractivity contribution is 0.220. The van der Waals surface area contributed by atoms with Gasteiger partial charge in [-0.1, -0.05) is 6.07 Å². The van der Waals surface area contributed by atoms with Gasteiger partial charge in [-0.05, 0) is 85.5 Å². The van der Waals surface area contributed by atoms with Crippen molar-refractivity contribution in [2.75, 3.05) is 20.6 Å². The van der Waals surface area contributed by atoms with E-state index in [1.165, 1.54) is 36.8 Å². The molecule has 3 heteroatoms. The molecule has 0 N–H and O–H groups in total. The lowest BCUT2D eigenvalue weighted by Crippen LogP contribution is -2.30. The molecule has 0 spiro atoms. The Labute approximate surface area is 129 Å². The van der Waals surface area contributed by atoms with E-state index < -0.39 is 0 Å². The standard InChI is InChI=1S/C18H22FNS/c1-20(2)9-15-11-3-4-12(7-11)18(15)16-10-21-17-8-13(19)5-6-14(16)17/h5-6,8,10-12,15,18H,3-4,7,9H2,1-2H3/t11-,12+,15-,18+/m0/s1. The van der Waals surface area contributed by atoms with Gasteiger partial charge in [-0.2, -0.15) is 0 Å². The summed E-state index contributed by atoms with van der Waals surface area (Å²) in [5.74, 6) is 3.10. The van der Waals surface area contributed by atoms with Gasteiger partial charge >= 0.3 is 0 Å². The van der Waals surface area contributed by atoms with E-state index in [2.05, 4.69) is 24.4 Å². The van der Waals surface area contributed by atoms with Crippen LogP contribution < -0.4 is 0 Å². The Hall–Kier alpha value is -0.930. The molecule has 1 nitrogen and oxygen atoms in total. The Morgan fingerprint density at radius 3 is 2.86 bits per heavy atom. The van der Waals surface area contributed by atoms with Gasteiger partial charge in [-0.3, -0.25) is 0 Å². The summed E-state index contributed by atoms with van der Waals surface area (Å²) in [7, 11) is 4.37. The largest absolute Gasteiger partial charge is 0.309 e. The number of thiophene rings is 1. The fourth-order valence-electron chi connectivity index (χ4n) is 4.86. The van der Waals surface area contributed by atoms with E-state index in [4.69, 9.17) is 0 Å². The average molecular weight is 303 g/mol. The highest BCUT2D eigenvalue weighted by Crippen LogP contribution is 2.58. The van der Waals surface area contributed by atoms with E-state index in [0.717, 1.165) is 22.5 Å². The highest BCUT2D eigenvalue weighted by molar-refractivity contribution is 7.17. The number of nitrogens with zero attached hydrogens (tertiary/aromatic N) is 1. The Bertz CT molecular complexity index is 662. The summed E-state index contributed by atoms with van der Waals surface area (Å²) >= 11 is 1.71. The Balaban J connectivity index is 1.75. The fourth-order valence-corrected chi connectivity index (χ4v) is 5.89. The molecule has 0 amide bonds. The number of hydrogen-bond acceptors (Lipinski definition) is 2. The quantitative estimate of drug-likeness (QED) is 0.792. The highest BCUT2D eigenvalue weighted by atomic mass is 32.1. The minimum atomic E-state index is -0.117. The maximum atomic E-state index is 13.4. The first kappa shape index (κ1) is 13.7. The summed E-state index contributed by atoms with van der Waals surface area (Å²) < 4.78 is 14.5. The second-order valence-electron chi connectivity index (χ2n) is 7.12. The van der Waals surface area contributed by atoms with Crippen molar-refractivity contribution in [1.29, 1.82) is 0 Å². The van der Waals surface area contributed by atoms with Crippen LogP contribution in [0.15, 0.2) is 23.6 Å². The predicted molar refractivity (Wildman–Crippen MR) is 87.4 cm³/mol. The van der Waals surface area contributed by atoms with Gasteiger partial charge in [0, 0.05) is 11.2 Å². The maximum absolute atomic E-state index is 13.4. The molecule has 2 aliphatic rings. The lowest BCUT2D eigenvalue weighted by Gasteiger charge is -2.33. The molecule has 1 aromatic carbocycles. The molecule has 0 saturated heterocycles. The first-order chi connectivity index (χ1) is 10.1. The van der Waals surface area contributed by atoms with E-state index in [-0.39, 0.29) is 5.82 Å². The zero-order valence-electron chi connectivity index (χ0n) is 12.7. The molecule has 2 bridgehead atoms. The molecular formula is C18H22FNS. The van der Waals surface area contributed by atoms with Gasteiger partial charge in [-0.15, -0.1) is 11.3 Å². The zero-order valence-corrected chi connectivity index (χ0v) is 13.5. The molecule has 21 heavy (non-hydrogen) atoms. The number of benzene rings is 1. The third kappa shape index (κ3) is 2.22. The monoisotopic (exact) mass is 303 g/mol. The van der Waals surface area contributed by atoms with E-state index in [1.807, 2.05) is 6.07 Å². The van der Waals surface area contributed by atoms with Gasteiger partial charge < -0.3 is 4.90 Å². The summed E-state index contributed by atoms with van der Waals surface area (Å²) in [5, 5.41) is 3.60. The second-order valence-corrected chi connectivity index (χ2v) is 8.03. The van der Waals surface area contributed by atoms with Crippen molar-refractivity contribution in [1.82, 2.24) is 4.90 Å². The third-order valence-corrected chi connectivity index (χ3v) is 6.55. The first-order valence-corrected chi connectivity index (χ1v) is 8.83. The maximum Gasteiger partial charge on any atom is 0.124 e. The minimum Gasteiger partial charge on any atom is -0.309 e. The fraction of sp³-hybridized carbons (Fsp3) is 0.556. The van der Waals surface area contributed by atoms with Gasteiger partial charge in [0.05, 0.1) is 0 Å². The normalized spacial score (nSPS) is 31.6. The minimum absolute atomic E-state index is 0.117. The number of hydrogen-bond donors (Lipinski definition) is 0. The van der Waals surface area contributed by atoms with Crippen molar-refractivity contribution in [3.8, 4) is 0 Å². The zero-order chi connectivity index (χ0) is 14.6. The first-order valence-electron chi connectivity index (χ1n) is 7.95. The van der Waals surface area contributed by atoms with E-state index in [0.29, 0.717) is 5.92 Å². The van der Waals surface area contributed by atoms with E-state index in [9.17, 15) is 4.39 Å². The molecule has 2 saturated carbocycles. The summed E-state index contributed by atoms with van der Waals surface area (Å²) in [5.41, 5.74) is 1.49. The Morgan fingerprint density at radius 2 is 2.05 bits per heavy atom. The van der Waals surface area contributed by atoms with Gasteiger partial charge in [-0.25, -0.2) is 4.39 Å². The van der Waals surface area contributed by atoms with Gasteiger partial charge in [0.15, 0.2) is 0 Å². The summed E-state index contributed by atoms with van der Waals surface area (Å²) in [6.07, 6.45) is 4.20. The number of fused-ring (bicyclic) bond motifs is 3. The molecule has 4 rings (SSSR count). The third-order valence-electron chi connectivity index (χ3n) is 5.59. The molecular weight excluding hydrogens is 281 g/mol. The van der Waals surface area contributed by atoms with Crippen LogP contribution in [0.2, 0.25) is 0 Å². The molecule has 0 radical (unpaired) electrons. The summed E-state index contributed by atoms with van der Waals surface area (Å²) in [4.78, 5) is 2.34. The number of halogens is 1. The Morgan fingerprint density at radius 1 is 1.24 bits per heavy atom. The molecule has 112 valence electrons. The van der Waals surface area contributed by atoms with Crippen LogP contribution in [0, 0.1) is 23.6 Å². The van der Waals surface area contributed by atoms with E-state index >= 15 is 0 Å². The molecule has 2 aliphatic carbocycles. The summed E-state index contributed by atoms with van der Waals surface area (Å²) in [6, 6.07) is 5.31. The van der Waals surface area contributed by atoms with Gasteiger partial charge in [0.25, 0.3) is 0 Å². The molecule has 0 aliphatic heterocycles. The van der Waals surface area contributed by atoms with Crippen molar-refractivity contribution < 1.29 is 4.39 Å². The van der Waals surface area contributed by atoms with Crippen molar-refractivity contribution in [2.24, 2.45) is 17.8 Å². The highest BCUT2D eigenvalue weighted by Gasteiger charge is 2.48. The van der Waals surface area contributed by atoms with Crippen molar-refractivity contribution in [2.45, 2.75) is 25.2 Å². The average Bonchev–Trinajstić information content (AvgIpc) is 3.11. The van der Waals surface area contributed by atoms with Gasteiger partial charge in [0.2, 0.25) is 0 Å². The van der Waals surface area contributed by atoms with Crippen LogP contribution in [0.4, 0.5) is 4.39 Å². The smallest absolute Gasteiger partial charge is 0.124 e. The Kier molecular flexibility index (Phi) is 3.31. The van der Waals surface area contributed by atoms with Crippen LogP contribution in [-0.2, 0) is 0 Å².